The molecule has 0 radical (unpaired) electrons. The summed E-state index contributed by atoms with van der Waals surface area (Å²) in [4.78, 5) is 22.7. The smallest absolute Gasteiger partial charge is 0.355 e. The van der Waals surface area contributed by atoms with Crippen LogP contribution < -0.4 is 0 Å². The van der Waals surface area contributed by atoms with Gasteiger partial charge in [-0.15, -0.1) is 0 Å². The molecule has 0 bridgehead atoms. The molecule has 1 aliphatic heterocycles. The van der Waals surface area contributed by atoms with Gasteiger partial charge in [-0.25, -0.2) is 9.80 Å². The van der Waals surface area contributed by atoms with Crippen molar-refractivity contribution in [2.45, 2.75) is 39.2 Å². The summed E-state index contributed by atoms with van der Waals surface area (Å²) in [6.07, 6.45) is 0.673. The lowest BCUT2D eigenvalue weighted by Gasteiger charge is -2.23. The molecule has 0 fully saturated rings. The number of carbonyl (C=O) groups is 2. The monoisotopic (exact) mass is 212 g/mol. The summed E-state index contributed by atoms with van der Waals surface area (Å²) >= 11 is 0. The molecular weight excluding hydrogens is 196 g/mol. The standard InChI is InChI=1S/C10H16N2O3/c1-10(2,3)15-9(14)7-5-6-8(13)12(4)11-7/h5-6H2,1-4H3. The minimum Gasteiger partial charge on any atom is -0.455 e. The molecule has 0 aromatic rings. The fourth-order valence-corrected chi connectivity index (χ4v) is 1.15. The first kappa shape index (κ1) is 11.7. The lowest BCUT2D eigenvalue weighted by molar-refractivity contribution is -0.146. The highest BCUT2D eigenvalue weighted by molar-refractivity contribution is 6.37. The molecule has 15 heavy (non-hydrogen) atoms. The van der Waals surface area contributed by atoms with Crippen LogP contribution >= 0.6 is 0 Å². The molecule has 5 nitrogen and oxygen atoms in total. The summed E-state index contributed by atoms with van der Waals surface area (Å²) in [6.45, 7) is 5.38. The van der Waals surface area contributed by atoms with Crippen molar-refractivity contribution in [1.82, 2.24) is 5.01 Å². The maximum absolute atomic E-state index is 11.6. The number of hydrazone groups is 1. The van der Waals surface area contributed by atoms with E-state index in [1.54, 1.807) is 20.8 Å². The summed E-state index contributed by atoms with van der Waals surface area (Å²) in [5.41, 5.74) is -0.216. The van der Waals surface area contributed by atoms with Crippen LogP contribution in [-0.4, -0.2) is 35.2 Å². The number of amides is 1. The zero-order valence-corrected chi connectivity index (χ0v) is 9.53. The highest BCUT2D eigenvalue weighted by Crippen LogP contribution is 2.12. The molecule has 5 heteroatoms. The van der Waals surface area contributed by atoms with Crippen LogP contribution in [0.3, 0.4) is 0 Å². The van der Waals surface area contributed by atoms with Gasteiger partial charge in [0.1, 0.15) is 11.3 Å². The van der Waals surface area contributed by atoms with Gasteiger partial charge >= 0.3 is 5.97 Å². The van der Waals surface area contributed by atoms with Gasteiger partial charge in [0.25, 0.3) is 0 Å². The van der Waals surface area contributed by atoms with Gasteiger partial charge in [-0.05, 0) is 20.8 Å². The minimum atomic E-state index is -0.528. The lowest BCUT2D eigenvalue weighted by Crippen LogP contribution is -2.35. The first-order chi connectivity index (χ1) is 6.79. The zero-order valence-electron chi connectivity index (χ0n) is 9.53. The summed E-state index contributed by atoms with van der Waals surface area (Å²) in [5, 5.41) is 5.06. The largest absolute Gasteiger partial charge is 0.455 e. The summed E-state index contributed by atoms with van der Waals surface area (Å²) in [6, 6.07) is 0. The maximum Gasteiger partial charge on any atom is 0.355 e. The van der Waals surface area contributed by atoms with Crippen molar-refractivity contribution in [3.8, 4) is 0 Å². The highest BCUT2D eigenvalue weighted by Gasteiger charge is 2.26. The Morgan fingerprint density at radius 3 is 2.47 bits per heavy atom. The molecule has 0 unspecified atom stereocenters. The van der Waals surface area contributed by atoms with E-state index < -0.39 is 11.6 Å². The molecule has 0 aromatic carbocycles. The number of hydrogen-bond donors (Lipinski definition) is 0. The second-order valence-corrected chi connectivity index (χ2v) is 4.47. The number of hydrogen-bond acceptors (Lipinski definition) is 4. The molecule has 1 aliphatic rings. The molecule has 0 aromatic heterocycles. The van der Waals surface area contributed by atoms with E-state index in [0.717, 1.165) is 0 Å². The van der Waals surface area contributed by atoms with Gasteiger partial charge in [0, 0.05) is 19.9 Å². The van der Waals surface area contributed by atoms with Crippen molar-refractivity contribution in [3.05, 3.63) is 0 Å². The Morgan fingerprint density at radius 1 is 1.40 bits per heavy atom. The topological polar surface area (TPSA) is 59.0 Å². The molecule has 0 spiro atoms. The number of ether oxygens (including phenoxy) is 1. The number of carbonyl (C=O) groups excluding carboxylic acids is 2. The lowest BCUT2D eigenvalue weighted by atomic mass is 10.1. The fraction of sp³-hybridized carbons (Fsp3) is 0.700. The number of nitrogens with zero attached hydrogens (tertiary/aromatic N) is 2. The van der Waals surface area contributed by atoms with Gasteiger partial charge in [-0.2, -0.15) is 5.10 Å². The summed E-state index contributed by atoms with van der Waals surface area (Å²) in [7, 11) is 1.53. The second-order valence-electron chi connectivity index (χ2n) is 4.47. The van der Waals surface area contributed by atoms with E-state index >= 15 is 0 Å². The van der Waals surface area contributed by atoms with E-state index in [0.29, 0.717) is 18.6 Å². The Labute approximate surface area is 89.1 Å². The van der Waals surface area contributed by atoms with Gasteiger partial charge in [-0.3, -0.25) is 4.79 Å². The predicted octanol–water partition coefficient (Wildman–Crippen LogP) is 0.936. The van der Waals surface area contributed by atoms with Crippen molar-refractivity contribution in [3.63, 3.8) is 0 Å². The molecule has 1 amide bonds. The van der Waals surface area contributed by atoms with E-state index in [2.05, 4.69) is 5.10 Å². The Balaban J connectivity index is 2.69. The Kier molecular flexibility index (Phi) is 3.12. The van der Waals surface area contributed by atoms with Crippen LogP contribution in [0.25, 0.3) is 0 Å². The predicted molar refractivity (Wildman–Crippen MR) is 55.3 cm³/mol. The van der Waals surface area contributed by atoms with Crippen molar-refractivity contribution in [1.29, 1.82) is 0 Å². The molecule has 1 heterocycles. The van der Waals surface area contributed by atoms with E-state index in [4.69, 9.17) is 4.74 Å². The normalized spacial score (nSPS) is 17.5. The molecule has 0 atom stereocenters. The average molecular weight is 212 g/mol. The number of rotatable bonds is 1. The summed E-state index contributed by atoms with van der Waals surface area (Å²) in [5.74, 6) is -0.524. The van der Waals surface area contributed by atoms with Crippen molar-refractivity contribution in [2.24, 2.45) is 5.10 Å². The van der Waals surface area contributed by atoms with Crippen LogP contribution in [0, 0.1) is 0 Å². The first-order valence-electron chi connectivity index (χ1n) is 4.87. The van der Waals surface area contributed by atoms with Crippen LogP contribution in [0.15, 0.2) is 5.10 Å². The van der Waals surface area contributed by atoms with E-state index in [1.807, 2.05) is 0 Å². The third-order valence-electron chi connectivity index (χ3n) is 1.84. The average Bonchev–Trinajstić information content (AvgIpc) is 2.06. The van der Waals surface area contributed by atoms with Gasteiger partial charge < -0.3 is 4.74 Å². The zero-order chi connectivity index (χ0) is 11.6. The molecule has 0 saturated carbocycles. The fourth-order valence-electron chi connectivity index (χ4n) is 1.15. The quantitative estimate of drug-likeness (QED) is 0.608. The molecule has 0 saturated heterocycles. The molecule has 84 valence electrons. The van der Waals surface area contributed by atoms with Crippen LogP contribution in [0.1, 0.15) is 33.6 Å². The Morgan fingerprint density at radius 2 is 2.00 bits per heavy atom. The van der Waals surface area contributed by atoms with Gasteiger partial charge in [0.05, 0.1) is 0 Å². The van der Waals surface area contributed by atoms with Gasteiger partial charge in [-0.1, -0.05) is 0 Å². The molecule has 0 N–H and O–H groups in total. The van der Waals surface area contributed by atoms with E-state index in [1.165, 1.54) is 12.1 Å². The third kappa shape index (κ3) is 3.34. The minimum absolute atomic E-state index is 0.0812. The number of esters is 1. The van der Waals surface area contributed by atoms with E-state index in [9.17, 15) is 9.59 Å². The molecule has 0 aliphatic carbocycles. The second kappa shape index (κ2) is 4.00. The van der Waals surface area contributed by atoms with Crippen LogP contribution in [0.5, 0.6) is 0 Å². The van der Waals surface area contributed by atoms with Gasteiger partial charge in [0.15, 0.2) is 0 Å². The van der Waals surface area contributed by atoms with Crippen molar-refractivity contribution >= 4 is 17.6 Å². The van der Waals surface area contributed by atoms with Crippen molar-refractivity contribution in [2.75, 3.05) is 7.05 Å². The van der Waals surface area contributed by atoms with Crippen LogP contribution in [-0.2, 0) is 14.3 Å². The highest BCUT2D eigenvalue weighted by atomic mass is 16.6. The Hall–Kier alpha value is -1.39. The molecule has 1 rings (SSSR count). The first-order valence-corrected chi connectivity index (χ1v) is 4.87. The van der Waals surface area contributed by atoms with Gasteiger partial charge in [0.2, 0.25) is 5.91 Å². The molecular formula is C10H16N2O3. The maximum atomic E-state index is 11.6. The van der Waals surface area contributed by atoms with Crippen LogP contribution in [0.2, 0.25) is 0 Å². The SMILES string of the molecule is CN1N=C(C(=O)OC(C)(C)C)CCC1=O. The third-order valence-corrected chi connectivity index (χ3v) is 1.84. The summed E-state index contributed by atoms with van der Waals surface area (Å²) < 4.78 is 5.15. The van der Waals surface area contributed by atoms with E-state index in [-0.39, 0.29) is 5.91 Å². The van der Waals surface area contributed by atoms with Crippen molar-refractivity contribution < 1.29 is 14.3 Å². The Bertz CT molecular complexity index is 315. The van der Waals surface area contributed by atoms with Crippen LogP contribution in [0.4, 0.5) is 0 Å².